The van der Waals surface area contributed by atoms with Crippen molar-refractivity contribution in [1.29, 1.82) is 0 Å². The van der Waals surface area contributed by atoms with Gasteiger partial charge in [0.15, 0.2) is 0 Å². The average Bonchev–Trinajstić information content (AvgIpc) is 2.47. The fourth-order valence-electron chi connectivity index (χ4n) is 3.49. The van der Waals surface area contributed by atoms with Gasteiger partial charge in [0.1, 0.15) is 0 Å². The molecule has 0 atom stereocenters. The zero-order valence-electron chi connectivity index (χ0n) is 12.5. The monoisotopic (exact) mass is 339 g/mol. The van der Waals surface area contributed by atoms with E-state index in [1.807, 2.05) is 36.4 Å². The summed E-state index contributed by atoms with van der Waals surface area (Å²) in [5.74, 6) is 0.584. The van der Waals surface area contributed by atoms with Crippen LogP contribution in [0.3, 0.4) is 0 Å². The summed E-state index contributed by atoms with van der Waals surface area (Å²) >= 11 is 0. The van der Waals surface area contributed by atoms with Gasteiger partial charge in [-0.3, -0.25) is 0 Å². The van der Waals surface area contributed by atoms with Crippen LogP contribution in [0.15, 0.2) is 41.3 Å². The number of fused-ring (bicyclic) bond motifs is 1. The topological polar surface area (TPSA) is 60.2 Å². The van der Waals surface area contributed by atoms with Crippen LogP contribution in [-0.4, -0.2) is 8.42 Å². The quantitative estimate of drug-likeness (QED) is 0.917. The second-order valence-electron chi connectivity index (χ2n) is 6.03. The zero-order chi connectivity index (χ0) is 14.9. The van der Waals surface area contributed by atoms with E-state index in [0.717, 1.165) is 22.8 Å². The minimum atomic E-state index is -3.71. The lowest BCUT2D eigenvalue weighted by Crippen LogP contribution is -2.17. The van der Waals surface area contributed by atoms with Crippen molar-refractivity contribution < 1.29 is 8.42 Å². The van der Waals surface area contributed by atoms with Crippen LogP contribution >= 0.6 is 12.4 Å². The minimum Gasteiger partial charge on any atom is -0.225 e. The first-order valence-corrected chi connectivity index (χ1v) is 9.14. The molecule has 1 aliphatic carbocycles. The molecule has 0 aromatic heterocycles. The maximum absolute atomic E-state index is 12.1. The number of hydrogen-bond donors (Lipinski definition) is 1. The summed E-state index contributed by atoms with van der Waals surface area (Å²) in [6.45, 7) is 0. The van der Waals surface area contributed by atoms with Crippen molar-refractivity contribution in [2.24, 2.45) is 11.1 Å². The highest BCUT2D eigenvalue weighted by atomic mass is 35.5. The highest BCUT2D eigenvalue weighted by Crippen LogP contribution is 2.32. The molecule has 1 aliphatic rings. The van der Waals surface area contributed by atoms with Crippen LogP contribution in [0.25, 0.3) is 10.8 Å². The molecule has 1 saturated carbocycles. The Bertz CT molecular complexity index is 752. The Morgan fingerprint density at radius 1 is 1.00 bits per heavy atom. The maximum Gasteiger partial charge on any atom is 0.238 e. The fourth-order valence-corrected chi connectivity index (χ4v) is 4.50. The molecule has 2 N–H and O–H groups in total. The molecule has 2 aromatic carbocycles. The lowest BCUT2D eigenvalue weighted by Gasteiger charge is -2.22. The first-order chi connectivity index (χ1) is 10.1. The van der Waals surface area contributed by atoms with Crippen molar-refractivity contribution >= 4 is 33.2 Å². The molecule has 5 heteroatoms. The number of benzene rings is 2. The number of primary sulfonamides is 1. The van der Waals surface area contributed by atoms with Gasteiger partial charge >= 0.3 is 0 Å². The van der Waals surface area contributed by atoms with Crippen molar-refractivity contribution in [2.45, 2.75) is 43.4 Å². The molecule has 0 bridgehead atoms. The Morgan fingerprint density at radius 2 is 1.68 bits per heavy atom. The van der Waals surface area contributed by atoms with Crippen molar-refractivity contribution in [2.75, 3.05) is 0 Å². The molecular formula is C17H22ClNO2S. The predicted molar refractivity (Wildman–Crippen MR) is 92.8 cm³/mol. The van der Waals surface area contributed by atoms with Crippen molar-refractivity contribution in [3.63, 3.8) is 0 Å². The van der Waals surface area contributed by atoms with E-state index < -0.39 is 10.0 Å². The maximum atomic E-state index is 12.1. The highest BCUT2D eigenvalue weighted by Gasteiger charge is 2.21. The second-order valence-corrected chi connectivity index (χ2v) is 7.53. The Balaban J connectivity index is 0.00000176. The number of rotatable bonds is 3. The first kappa shape index (κ1) is 17.3. The van der Waals surface area contributed by atoms with E-state index in [4.69, 9.17) is 5.14 Å². The van der Waals surface area contributed by atoms with Gasteiger partial charge in [-0.15, -0.1) is 12.4 Å². The lowest BCUT2D eigenvalue weighted by molar-refractivity contribution is 0.355. The van der Waals surface area contributed by atoms with Gasteiger partial charge in [0.2, 0.25) is 10.0 Å². The van der Waals surface area contributed by atoms with E-state index in [0.29, 0.717) is 10.8 Å². The van der Waals surface area contributed by atoms with Gasteiger partial charge in [-0.1, -0.05) is 68.5 Å². The second kappa shape index (κ2) is 6.99. The molecule has 0 heterocycles. The molecule has 3 nitrogen and oxygen atoms in total. The summed E-state index contributed by atoms with van der Waals surface area (Å²) in [5.41, 5.74) is 0.878. The van der Waals surface area contributed by atoms with Gasteiger partial charge in [-0.25, -0.2) is 13.6 Å². The smallest absolute Gasteiger partial charge is 0.225 e. The third-order valence-corrected chi connectivity index (χ3v) is 5.53. The average molecular weight is 340 g/mol. The summed E-state index contributed by atoms with van der Waals surface area (Å²) < 4.78 is 24.2. The number of nitrogens with two attached hydrogens (primary N) is 1. The van der Waals surface area contributed by atoms with Gasteiger partial charge in [-0.05, 0) is 23.3 Å². The van der Waals surface area contributed by atoms with E-state index in [9.17, 15) is 8.42 Å². The van der Waals surface area contributed by atoms with E-state index in [2.05, 4.69) is 0 Å². The van der Waals surface area contributed by atoms with Crippen molar-refractivity contribution in [3.05, 3.63) is 42.0 Å². The van der Waals surface area contributed by atoms with Crippen LogP contribution in [0.2, 0.25) is 0 Å². The third-order valence-electron chi connectivity index (χ3n) is 4.48. The number of sulfonamides is 1. The molecule has 0 radical (unpaired) electrons. The summed E-state index contributed by atoms with van der Waals surface area (Å²) in [7, 11) is -3.71. The Labute approximate surface area is 138 Å². The highest BCUT2D eigenvalue weighted by molar-refractivity contribution is 7.89. The lowest BCUT2D eigenvalue weighted by atomic mass is 9.84. The van der Waals surface area contributed by atoms with E-state index in [1.165, 1.54) is 32.1 Å². The Kier molecular flexibility index (Phi) is 5.48. The van der Waals surface area contributed by atoms with Gasteiger partial charge < -0.3 is 0 Å². The SMILES string of the molecule is Cl.NS(=O)(=O)c1c(CC2CCCCC2)ccc2ccccc12. The molecule has 0 unspecified atom stereocenters. The van der Waals surface area contributed by atoms with Gasteiger partial charge in [0, 0.05) is 5.39 Å². The molecular weight excluding hydrogens is 318 g/mol. The van der Waals surface area contributed by atoms with Crippen LogP contribution < -0.4 is 5.14 Å². The largest absolute Gasteiger partial charge is 0.238 e. The molecule has 120 valence electrons. The fraction of sp³-hybridized carbons (Fsp3) is 0.412. The van der Waals surface area contributed by atoms with Crippen molar-refractivity contribution in [1.82, 2.24) is 0 Å². The number of hydrogen-bond acceptors (Lipinski definition) is 2. The van der Waals surface area contributed by atoms with Crippen LogP contribution in [-0.2, 0) is 16.4 Å². The van der Waals surface area contributed by atoms with Crippen LogP contribution in [0, 0.1) is 5.92 Å². The summed E-state index contributed by atoms with van der Waals surface area (Å²) in [6, 6.07) is 11.5. The van der Waals surface area contributed by atoms with Crippen LogP contribution in [0.1, 0.15) is 37.7 Å². The Hall–Kier alpha value is -1.10. The van der Waals surface area contributed by atoms with Crippen LogP contribution in [0.4, 0.5) is 0 Å². The summed E-state index contributed by atoms with van der Waals surface area (Å²) in [4.78, 5) is 0.325. The molecule has 1 fully saturated rings. The molecule has 3 rings (SSSR count). The van der Waals surface area contributed by atoms with Gasteiger partial charge in [0.05, 0.1) is 4.90 Å². The van der Waals surface area contributed by atoms with Crippen LogP contribution in [0.5, 0.6) is 0 Å². The summed E-state index contributed by atoms with van der Waals surface area (Å²) in [5, 5.41) is 7.17. The zero-order valence-corrected chi connectivity index (χ0v) is 14.1. The molecule has 0 spiro atoms. The summed E-state index contributed by atoms with van der Waals surface area (Å²) in [6.07, 6.45) is 7.01. The van der Waals surface area contributed by atoms with Gasteiger partial charge in [-0.2, -0.15) is 0 Å². The van der Waals surface area contributed by atoms with E-state index >= 15 is 0 Å². The minimum absolute atomic E-state index is 0. The predicted octanol–water partition coefficient (Wildman–Crippen LogP) is 4.03. The van der Waals surface area contributed by atoms with Gasteiger partial charge in [0.25, 0.3) is 0 Å². The van der Waals surface area contributed by atoms with E-state index in [1.54, 1.807) is 0 Å². The molecule has 0 amide bonds. The Morgan fingerprint density at radius 3 is 2.36 bits per heavy atom. The standard InChI is InChI=1S/C17H21NO2S.ClH/c18-21(19,20)17-15(12-13-6-2-1-3-7-13)11-10-14-8-4-5-9-16(14)17;/h4-5,8-11,13H,1-3,6-7,12H2,(H2,18,19,20);1H. The molecule has 22 heavy (non-hydrogen) atoms. The van der Waals surface area contributed by atoms with E-state index in [-0.39, 0.29) is 12.4 Å². The normalized spacial score (nSPS) is 16.4. The molecule has 0 saturated heterocycles. The number of halogens is 1. The molecule has 0 aliphatic heterocycles. The van der Waals surface area contributed by atoms with Crippen molar-refractivity contribution in [3.8, 4) is 0 Å². The first-order valence-electron chi connectivity index (χ1n) is 7.59. The third kappa shape index (κ3) is 3.62. The molecule has 2 aromatic rings.